The van der Waals surface area contributed by atoms with Crippen molar-refractivity contribution in [2.75, 3.05) is 25.0 Å². The molecule has 0 saturated carbocycles. The van der Waals surface area contributed by atoms with Gasteiger partial charge in [0.05, 0.1) is 11.8 Å². The standard InChI is InChI=1S/C12H19N5S/c1-9(8-17-6-2-3-7-17)15-12-10(11(13)18)4-5-14-16-12/h4-5,9H,2-3,6-8H2,1H3,(H2,13,18)(H,15,16). The number of thiocarbonyl (C=S) groups is 1. The Labute approximate surface area is 113 Å². The summed E-state index contributed by atoms with van der Waals surface area (Å²) in [4.78, 5) is 2.80. The van der Waals surface area contributed by atoms with E-state index >= 15 is 0 Å². The van der Waals surface area contributed by atoms with Gasteiger partial charge in [-0.05, 0) is 38.9 Å². The molecule has 0 spiro atoms. The van der Waals surface area contributed by atoms with Crippen LogP contribution >= 0.6 is 12.2 Å². The van der Waals surface area contributed by atoms with Gasteiger partial charge in [-0.2, -0.15) is 5.10 Å². The van der Waals surface area contributed by atoms with E-state index in [2.05, 4.69) is 27.3 Å². The van der Waals surface area contributed by atoms with Gasteiger partial charge >= 0.3 is 0 Å². The second-order valence-electron chi connectivity index (χ2n) is 4.71. The number of nitrogens with zero attached hydrogens (tertiary/aromatic N) is 3. The summed E-state index contributed by atoms with van der Waals surface area (Å²) in [6.07, 6.45) is 4.21. The van der Waals surface area contributed by atoms with Crippen molar-refractivity contribution < 1.29 is 0 Å². The topological polar surface area (TPSA) is 67.1 Å². The zero-order valence-corrected chi connectivity index (χ0v) is 11.4. The Hall–Kier alpha value is -1.27. The highest BCUT2D eigenvalue weighted by Crippen LogP contribution is 2.13. The molecule has 2 heterocycles. The van der Waals surface area contributed by atoms with Gasteiger partial charge in [-0.25, -0.2) is 0 Å². The van der Waals surface area contributed by atoms with Crippen LogP contribution in [0.25, 0.3) is 0 Å². The molecule has 0 amide bonds. The molecule has 1 atom stereocenters. The minimum absolute atomic E-state index is 0.299. The highest BCUT2D eigenvalue weighted by molar-refractivity contribution is 7.80. The van der Waals surface area contributed by atoms with E-state index in [0.717, 1.165) is 12.1 Å². The smallest absolute Gasteiger partial charge is 0.159 e. The van der Waals surface area contributed by atoms with Crippen LogP contribution in [0.5, 0.6) is 0 Å². The Kier molecular flexibility index (Phi) is 4.43. The normalized spacial score (nSPS) is 17.6. The Morgan fingerprint density at radius 1 is 1.56 bits per heavy atom. The lowest BCUT2D eigenvalue weighted by Crippen LogP contribution is -2.33. The number of nitrogens with two attached hydrogens (primary N) is 1. The SMILES string of the molecule is CC(CN1CCCC1)Nc1nnccc1C(N)=S. The Bertz CT molecular complexity index is 417. The van der Waals surface area contributed by atoms with Crippen molar-refractivity contribution in [1.82, 2.24) is 15.1 Å². The summed E-state index contributed by atoms with van der Waals surface area (Å²) >= 11 is 5.01. The zero-order valence-electron chi connectivity index (χ0n) is 10.6. The zero-order chi connectivity index (χ0) is 13.0. The predicted octanol–water partition coefficient (Wildman–Crippen LogP) is 1.01. The van der Waals surface area contributed by atoms with Crippen LogP contribution in [0.4, 0.5) is 5.82 Å². The first-order valence-electron chi connectivity index (χ1n) is 6.27. The van der Waals surface area contributed by atoms with E-state index in [-0.39, 0.29) is 0 Å². The molecule has 98 valence electrons. The van der Waals surface area contributed by atoms with Crippen LogP contribution in [0.15, 0.2) is 12.3 Å². The van der Waals surface area contributed by atoms with E-state index in [0.29, 0.717) is 16.8 Å². The average Bonchev–Trinajstić information content (AvgIpc) is 2.82. The molecule has 0 aromatic carbocycles. The fourth-order valence-electron chi connectivity index (χ4n) is 2.27. The first-order valence-corrected chi connectivity index (χ1v) is 6.68. The third-order valence-electron chi connectivity index (χ3n) is 3.10. The average molecular weight is 265 g/mol. The van der Waals surface area contributed by atoms with Gasteiger partial charge in [-0.1, -0.05) is 12.2 Å². The fraction of sp³-hybridized carbons (Fsp3) is 0.583. The van der Waals surface area contributed by atoms with Crippen molar-refractivity contribution in [3.05, 3.63) is 17.8 Å². The Morgan fingerprint density at radius 3 is 2.94 bits per heavy atom. The molecule has 1 saturated heterocycles. The highest BCUT2D eigenvalue weighted by Gasteiger charge is 2.16. The van der Waals surface area contributed by atoms with E-state index in [1.54, 1.807) is 12.3 Å². The van der Waals surface area contributed by atoms with Gasteiger partial charge in [0.15, 0.2) is 5.82 Å². The van der Waals surface area contributed by atoms with Crippen molar-refractivity contribution in [3.8, 4) is 0 Å². The lowest BCUT2D eigenvalue weighted by Gasteiger charge is -2.22. The van der Waals surface area contributed by atoms with Crippen LogP contribution in [0.1, 0.15) is 25.3 Å². The maximum absolute atomic E-state index is 5.67. The van der Waals surface area contributed by atoms with Gasteiger partial charge in [-0.3, -0.25) is 0 Å². The molecular weight excluding hydrogens is 246 g/mol. The molecule has 1 aliphatic heterocycles. The summed E-state index contributed by atoms with van der Waals surface area (Å²) in [7, 11) is 0. The summed E-state index contributed by atoms with van der Waals surface area (Å²) in [5.74, 6) is 0.677. The summed E-state index contributed by atoms with van der Waals surface area (Å²) in [5, 5.41) is 11.3. The molecule has 2 rings (SSSR count). The Balaban J connectivity index is 1.97. The first-order chi connectivity index (χ1) is 8.66. The second kappa shape index (κ2) is 6.06. The summed E-state index contributed by atoms with van der Waals surface area (Å²) in [6.45, 7) is 5.52. The van der Waals surface area contributed by atoms with Crippen LogP contribution < -0.4 is 11.1 Å². The van der Waals surface area contributed by atoms with E-state index in [1.165, 1.54) is 25.9 Å². The predicted molar refractivity (Wildman–Crippen MR) is 76.7 cm³/mol. The van der Waals surface area contributed by atoms with Crippen molar-refractivity contribution in [3.63, 3.8) is 0 Å². The molecular formula is C12H19N5S. The molecule has 6 heteroatoms. The van der Waals surface area contributed by atoms with Crippen LogP contribution in [-0.2, 0) is 0 Å². The largest absolute Gasteiger partial charge is 0.389 e. The van der Waals surface area contributed by atoms with E-state index in [4.69, 9.17) is 18.0 Å². The van der Waals surface area contributed by atoms with Gasteiger partial charge in [0.2, 0.25) is 0 Å². The molecule has 18 heavy (non-hydrogen) atoms. The highest BCUT2D eigenvalue weighted by atomic mass is 32.1. The van der Waals surface area contributed by atoms with Gasteiger partial charge in [0.1, 0.15) is 4.99 Å². The monoisotopic (exact) mass is 265 g/mol. The van der Waals surface area contributed by atoms with Crippen molar-refractivity contribution >= 4 is 23.0 Å². The molecule has 1 unspecified atom stereocenters. The number of likely N-dealkylation sites (tertiary alicyclic amines) is 1. The molecule has 1 fully saturated rings. The number of rotatable bonds is 5. The van der Waals surface area contributed by atoms with Crippen LogP contribution in [0.3, 0.4) is 0 Å². The Morgan fingerprint density at radius 2 is 2.28 bits per heavy atom. The van der Waals surface area contributed by atoms with Gasteiger partial charge < -0.3 is 16.0 Å². The lowest BCUT2D eigenvalue weighted by atomic mass is 10.2. The van der Waals surface area contributed by atoms with Gasteiger partial charge in [0.25, 0.3) is 0 Å². The number of aromatic nitrogens is 2. The van der Waals surface area contributed by atoms with E-state index in [9.17, 15) is 0 Å². The van der Waals surface area contributed by atoms with Gasteiger partial charge in [-0.15, -0.1) is 5.10 Å². The number of nitrogens with one attached hydrogen (secondary N) is 1. The molecule has 0 aliphatic carbocycles. The number of hydrogen-bond acceptors (Lipinski definition) is 5. The number of anilines is 1. The van der Waals surface area contributed by atoms with Crippen LogP contribution in [-0.4, -0.2) is 45.8 Å². The summed E-state index contributed by atoms with van der Waals surface area (Å²) in [5.41, 5.74) is 6.42. The van der Waals surface area contributed by atoms with Crippen molar-refractivity contribution in [2.45, 2.75) is 25.8 Å². The lowest BCUT2D eigenvalue weighted by molar-refractivity contribution is 0.327. The molecule has 0 radical (unpaired) electrons. The van der Waals surface area contributed by atoms with Crippen LogP contribution in [0.2, 0.25) is 0 Å². The minimum atomic E-state index is 0.299. The summed E-state index contributed by atoms with van der Waals surface area (Å²) < 4.78 is 0. The fourth-order valence-corrected chi connectivity index (χ4v) is 2.43. The third-order valence-corrected chi connectivity index (χ3v) is 3.32. The van der Waals surface area contributed by atoms with Gasteiger partial charge in [0, 0.05) is 12.6 Å². The van der Waals surface area contributed by atoms with Crippen LogP contribution in [0, 0.1) is 0 Å². The minimum Gasteiger partial charge on any atom is -0.389 e. The maximum Gasteiger partial charge on any atom is 0.159 e. The van der Waals surface area contributed by atoms with Crippen molar-refractivity contribution in [2.24, 2.45) is 5.73 Å². The summed E-state index contributed by atoms with van der Waals surface area (Å²) in [6, 6.07) is 2.09. The number of hydrogen-bond donors (Lipinski definition) is 2. The molecule has 0 bridgehead atoms. The first kappa shape index (κ1) is 13.2. The quantitative estimate of drug-likeness (QED) is 0.775. The van der Waals surface area contributed by atoms with Crippen molar-refractivity contribution in [1.29, 1.82) is 0 Å². The molecule has 1 aliphatic rings. The second-order valence-corrected chi connectivity index (χ2v) is 5.15. The van der Waals surface area contributed by atoms with E-state index in [1.807, 2.05) is 0 Å². The molecule has 5 nitrogen and oxygen atoms in total. The molecule has 1 aromatic rings. The maximum atomic E-state index is 5.67. The third kappa shape index (κ3) is 3.36. The van der Waals surface area contributed by atoms with E-state index < -0.39 is 0 Å². The molecule has 1 aromatic heterocycles. The molecule has 3 N–H and O–H groups in total.